The zero-order chi connectivity index (χ0) is 26.1. The number of carbonyl (C=O) groups excluding carboxylic acids is 1. The van der Waals surface area contributed by atoms with Gasteiger partial charge in [-0.25, -0.2) is 4.98 Å². The van der Waals surface area contributed by atoms with Crippen LogP contribution in [0.2, 0.25) is 0 Å². The largest absolute Gasteiger partial charge is 0.494 e. The third-order valence-electron chi connectivity index (χ3n) is 6.43. The number of nitrogens with zero attached hydrogens (tertiary/aromatic N) is 3. The minimum atomic E-state index is -0.128. The molecule has 1 fully saturated rings. The molecule has 0 bridgehead atoms. The Hall–Kier alpha value is -3.43. The Morgan fingerprint density at radius 1 is 1.03 bits per heavy atom. The van der Waals surface area contributed by atoms with Crippen molar-refractivity contribution < 1.29 is 14.1 Å². The first kappa shape index (κ1) is 26.6. The van der Waals surface area contributed by atoms with Gasteiger partial charge in [0.2, 0.25) is 0 Å². The van der Waals surface area contributed by atoms with Crippen LogP contribution in [0.4, 0.5) is 0 Å². The molecule has 1 aromatic carbocycles. The van der Waals surface area contributed by atoms with E-state index in [1.54, 1.807) is 6.20 Å². The molecule has 0 unspecified atom stereocenters. The summed E-state index contributed by atoms with van der Waals surface area (Å²) >= 11 is 0. The molecule has 6 heteroatoms. The van der Waals surface area contributed by atoms with E-state index in [0.29, 0.717) is 17.8 Å². The van der Waals surface area contributed by atoms with Gasteiger partial charge in [-0.05, 0) is 74.2 Å². The minimum absolute atomic E-state index is 0.0724. The summed E-state index contributed by atoms with van der Waals surface area (Å²) in [6.07, 6.45) is 7.34. The number of aromatic nitrogens is 2. The molecule has 0 radical (unpaired) electrons. The lowest BCUT2D eigenvalue weighted by molar-refractivity contribution is -0.117. The van der Waals surface area contributed by atoms with E-state index in [2.05, 4.69) is 47.7 Å². The summed E-state index contributed by atoms with van der Waals surface area (Å²) < 4.78 is 11.3. The molecule has 1 saturated heterocycles. The van der Waals surface area contributed by atoms with Crippen LogP contribution in [0.25, 0.3) is 0 Å². The third kappa shape index (κ3) is 8.58. The highest BCUT2D eigenvalue weighted by atomic mass is 16.5. The van der Waals surface area contributed by atoms with Gasteiger partial charge in [0, 0.05) is 36.2 Å². The fraction of sp³-hybridized carbons (Fsp3) is 0.452. The zero-order valence-electron chi connectivity index (χ0n) is 22.3. The number of likely N-dealkylation sites (tertiary alicyclic amines) is 1. The second-order valence-electron chi connectivity index (χ2n) is 10.8. The van der Waals surface area contributed by atoms with Crippen molar-refractivity contribution in [1.29, 1.82) is 0 Å². The monoisotopic (exact) mass is 499 g/mol. The Balaban J connectivity index is 1.21. The highest BCUT2D eigenvalue weighted by molar-refractivity contribution is 5.82. The molecule has 2 aromatic heterocycles. The van der Waals surface area contributed by atoms with E-state index in [1.807, 2.05) is 42.5 Å². The highest BCUT2D eigenvalue weighted by Crippen LogP contribution is 2.23. The predicted octanol–water partition coefficient (Wildman–Crippen LogP) is 5.38. The molecule has 0 aliphatic carbocycles. The van der Waals surface area contributed by atoms with Gasteiger partial charge in [0.05, 0.1) is 18.7 Å². The first-order valence-electron chi connectivity index (χ1n) is 13.3. The summed E-state index contributed by atoms with van der Waals surface area (Å²) in [6.45, 7) is 10.5. The molecule has 0 saturated carbocycles. The molecule has 4 rings (SSSR count). The number of piperidine rings is 1. The van der Waals surface area contributed by atoms with Crippen LogP contribution in [-0.4, -0.2) is 47.1 Å². The molecule has 6 nitrogen and oxygen atoms in total. The van der Waals surface area contributed by atoms with Crippen molar-refractivity contribution in [1.82, 2.24) is 15.0 Å². The average Bonchev–Trinajstić information content (AvgIpc) is 3.37. The van der Waals surface area contributed by atoms with Gasteiger partial charge in [-0.15, -0.1) is 0 Å². The van der Waals surface area contributed by atoms with Crippen molar-refractivity contribution in [3.05, 3.63) is 76.9 Å². The topological polar surface area (TPSA) is 68.5 Å². The summed E-state index contributed by atoms with van der Waals surface area (Å²) in [4.78, 5) is 19.4. The maximum atomic E-state index is 12.5. The number of hydrogen-bond donors (Lipinski definition) is 0. The number of rotatable bonds is 9. The van der Waals surface area contributed by atoms with Gasteiger partial charge in [-0.1, -0.05) is 44.3 Å². The molecule has 0 atom stereocenters. The van der Waals surface area contributed by atoms with Crippen LogP contribution in [0.15, 0.2) is 53.2 Å². The van der Waals surface area contributed by atoms with E-state index in [0.717, 1.165) is 42.2 Å². The molecule has 1 aliphatic heterocycles. The number of carbonyl (C=O) groups is 1. The van der Waals surface area contributed by atoms with E-state index in [1.165, 1.54) is 32.4 Å². The van der Waals surface area contributed by atoms with E-state index >= 15 is 0 Å². The van der Waals surface area contributed by atoms with Crippen LogP contribution in [0.3, 0.4) is 0 Å². The van der Waals surface area contributed by atoms with Gasteiger partial charge in [-0.3, -0.25) is 4.79 Å². The number of ketones is 1. The van der Waals surface area contributed by atoms with Crippen LogP contribution >= 0.6 is 0 Å². The first-order valence-corrected chi connectivity index (χ1v) is 13.3. The highest BCUT2D eigenvalue weighted by Gasteiger charge is 2.20. The standard InChI is InChI=1S/C31H37N3O3/c1-31(2,3)30-22-27(33-37-30)21-28(35)20-25-9-13-26(32-23-25)12-8-24-10-14-29(15-11-24)36-19-7-18-34-16-5-4-6-17-34/h9-11,13-15,22-23H,4-7,16-21H2,1-3H3. The molecular formula is C31H37N3O3. The molecule has 3 aromatic rings. The maximum absolute atomic E-state index is 12.5. The Labute approximate surface area is 220 Å². The lowest BCUT2D eigenvalue weighted by Gasteiger charge is -2.26. The van der Waals surface area contributed by atoms with E-state index in [4.69, 9.17) is 9.26 Å². The van der Waals surface area contributed by atoms with Gasteiger partial charge in [0.15, 0.2) is 0 Å². The molecule has 37 heavy (non-hydrogen) atoms. The van der Waals surface area contributed by atoms with Gasteiger partial charge >= 0.3 is 0 Å². The average molecular weight is 500 g/mol. The molecule has 0 spiro atoms. The van der Waals surface area contributed by atoms with Crippen molar-refractivity contribution >= 4 is 5.78 Å². The second kappa shape index (κ2) is 12.7. The summed E-state index contributed by atoms with van der Waals surface area (Å²) in [5.41, 5.74) is 2.97. The maximum Gasteiger partial charge on any atom is 0.143 e. The molecule has 3 heterocycles. The lowest BCUT2D eigenvalue weighted by Crippen LogP contribution is -2.31. The number of pyridine rings is 1. The second-order valence-corrected chi connectivity index (χ2v) is 10.8. The fourth-order valence-electron chi connectivity index (χ4n) is 4.28. The molecule has 0 N–H and O–H groups in total. The normalized spacial score (nSPS) is 14.1. The van der Waals surface area contributed by atoms with Crippen LogP contribution in [0.5, 0.6) is 5.75 Å². The SMILES string of the molecule is CC(C)(C)c1cc(CC(=O)Cc2ccc(C#Cc3ccc(OCCCN4CCCCC4)cc3)nc2)no1. The Kier molecular flexibility index (Phi) is 9.14. The summed E-state index contributed by atoms with van der Waals surface area (Å²) in [6, 6.07) is 13.5. The molecule has 1 aliphatic rings. The van der Waals surface area contributed by atoms with Gasteiger partial charge in [0.1, 0.15) is 23.0 Å². The van der Waals surface area contributed by atoms with Gasteiger partial charge in [-0.2, -0.15) is 0 Å². The zero-order valence-corrected chi connectivity index (χ0v) is 22.3. The van der Waals surface area contributed by atoms with Crippen LogP contribution in [0.1, 0.15) is 74.7 Å². The van der Waals surface area contributed by atoms with Crippen molar-refractivity contribution in [2.75, 3.05) is 26.2 Å². The Morgan fingerprint density at radius 2 is 1.81 bits per heavy atom. The third-order valence-corrected chi connectivity index (χ3v) is 6.43. The number of hydrogen-bond acceptors (Lipinski definition) is 6. The first-order chi connectivity index (χ1) is 17.8. The van der Waals surface area contributed by atoms with Crippen LogP contribution < -0.4 is 4.74 Å². The quantitative estimate of drug-likeness (QED) is 0.291. The minimum Gasteiger partial charge on any atom is -0.494 e. The van der Waals surface area contributed by atoms with Gasteiger partial charge < -0.3 is 14.2 Å². The Morgan fingerprint density at radius 3 is 2.49 bits per heavy atom. The molecule has 194 valence electrons. The molecular weight excluding hydrogens is 462 g/mol. The van der Waals surface area contributed by atoms with Crippen molar-refractivity contribution in [2.24, 2.45) is 0 Å². The number of benzene rings is 1. The predicted molar refractivity (Wildman–Crippen MR) is 145 cm³/mol. The van der Waals surface area contributed by atoms with E-state index in [-0.39, 0.29) is 17.6 Å². The van der Waals surface area contributed by atoms with Crippen LogP contribution in [0, 0.1) is 11.8 Å². The molecule has 0 amide bonds. The number of ether oxygens (including phenoxy) is 1. The van der Waals surface area contributed by atoms with E-state index < -0.39 is 0 Å². The Bertz CT molecular complexity index is 1210. The fourth-order valence-corrected chi connectivity index (χ4v) is 4.28. The van der Waals surface area contributed by atoms with Crippen molar-refractivity contribution in [3.8, 4) is 17.6 Å². The van der Waals surface area contributed by atoms with Crippen LogP contribution in [-0.2, 0) is 23.1 Å². The summed E-state index contributed by atoms with van der Waals surface area (Å²) in [5.74, 6) is 7.96. The van der Waals surface area contributed by atoms with E-state index in [9.17, 15) is 4.79 Å². The smallest absolute Gasteiger partial charge is 0.143 e. The van der Waals surface area contributed by atoms with Gasteiger partial charge in [0.25, 0.3) is 0 Å². The summed E-state index contributed by atoms with van der Waals surface area (Å²) in [5, 5.41) is 4.03. The van der Waals surface area contributed by atoms with Crippen molar-refractivity contribution in [2.45, 2.75) is 64.7 Å². The van der Waals surface area contributed by atoms with Crippen molar-refractivity contribution in [3.63, 3.8) is 0 Å². The summed E-state index contributed by atoms with van der Waals surface area (Å²) in [7, 11) is 0. The lowest BCUT2D eigenvalue weighted by atomic mass is 9.93. The number of Topliss-reactive ketones (excluding diaryl/α,β-unsaturated/α-hetero) is 1.